The van der Waals surface area contributed by atoms with Gasteiger partial charge < -0.3 is 9.64 Å². The molecule has 0 bridgehead atoms. The fourth-order valence-electron chi connectivity index (χ4n) is 9.33. The minimum atomic E-state index is -0.0271. The van der Waals surface area contributed by atoms with Gasteiger partial charge in [-0.2, -0.15) is 0 Å². The standard InChI is InChI=1S/C29H47NO3/c1-27(2)13-5-16-30(19-27)17-12-26(32)33-21-10-14-28(3)20(18-21)6-7-22-23-8-9-25(31)29(23,4)15-11-24(22)28/h20-24H,5-19H2,1-4H3/t20-,21?,22?,23?,24?,28-,29-/m0/s1. The number of likely N-dealkylation sites (tertiary alicyclic amines) is 1. The number of carbonyl (C=O) groups excluding carboxylic acids is 2. The van der Waals surface area contributed by atoms with Crippen molar-refractivity contribution in [2.75, 3.05) is 19.6 Å². The quantitative estimate of drug-likeness (QED) is 0.484. The fourth-order valence-corrected chi connectivity index (χ4v) is 9.33. The largest absolute Gasteiger partial charge is 0.462 e. The zero-order chi connectivity index (χ0) is 23.4. The second-order valence-corrected chi connectivity index (χ2v) is 13.8. The third kappa shape index (κ3) is 4.32. The summed E-state index contributed by atoms with van der Waals surface area (Å²) in [4.78, 5) is 27.8. The van der Waals surface area contributed by atoms with Gasteiger partial charge >= 0.3 is 5.97 Å². The Balaban J connectivity index is 1.15. The van der Waals surface area contributed by atoms with Crippen molar-refractivity contribution in [1.29, 1.82) is 0 Å². The molecule has 4 saturated carbocycles. The molecule has 0 spiro atoms. The zero-order valence-corrected chi connectivity index (χ0v) is 21.7. The number of piperidine rings is 1. The van der Waals surface area contributed by atoms with Crippen molar-refractivity contribution in [3.8, 4) is 0 Å². The molecule has 186 valence electrons. The molecule has 1 saturated heterocycles. The van der Waals surface area contributed by atoms with Crippen LogP contribution in [-0.4, -0.2) is 42.4 Å². The maximum absolute atomic E-state index is 12.7. The molecule has 4 heteroatoms. The molecule has 5 rings (SSSR count). The summed E-state index contributed by atoms with van der Waals surface area (Å²) >= 11 is 0. The molecule has 0 radical (unpaired) electrons. The number of rotatable bonds is 4. The monoisotopic (exact) mass is 457 g/mol. The summed E-state index contributed by atoms with van der Waals surface area (Å²) in [5, 5.41) is 0. The van der Waals surface area contributed by atoms with Crippen molar-refractivity contribution >= 4 is 11.8 Å². The van der Waals surface area contributed by atoms with Crippen LogP contribution in [-0.2, 0) is 14.3 Å². The Morgan fingerprint density at radius 3 is 2.61 bits per heavy atom. The average Bonchev–Trinajstić information content (AvgIpc) is 3.06. The van der Waals surface area contributed by atoms with E-state index in [-0.39, 0.29) is 17.5 Å². The predicted octanol–water partition coefficient (Wildman–Crippen LogP) is 6.02. The van der Waals surface area contributed by atoms with E-state index in [1.165, 1.54) is 38.5 Å². The van der Waals surface area contributed by atoms with E-state index in [0.29, 0.717) is 34.9 Å². The average molecular weight is 458 g/mol. The van der Waals surface area contributed by atoms with E-state index in [4.69, 9.17) is 4.74 Å². The van der Waals surface area contributed by atoms with E-state index in [0.717, 1.165) is 63.6 Å². The van der Waals surface area contributed by atoms with Crippen LogP contribution in [0.4, 0.5) is 0 Å². The Kier molecular flexibility index (Phi) is 6.24. The van der Waals surface area contributed by atoms with Crippen molar-refractivity contribution < 1.29 is 14.3 Å². The Labute approximate surface area is 201 Å². The van der Waals surface area contributed by atoms with Gasteiger partial charge in [-0.15, -0.1) is 0 Å². The van der Waals surface area contributed by atoms with Gasteiger partial charge in [0.15, 0.2) is 0 Å². The zero-order valence-electron chi connectivity index (χ0n) is 21.7. The van der Waals surface area contributed by atoms with Gasteiger partial charge in [-0.3, -0.25) is 9.59 Å². The van der Waals surface area contributed by atoms with Crippen LogP contribution < -0.4 is 0 Å². The maximum atomic E-state index is 12.7. The molecule has 0 aromatic carbocycles. The first-order valence-corrected chi connectivity index (χ1v) is 14.1. The molecule has 0 amide bonds. The Hall–Kier alpha value is -0.900. The number of carbonyl (C=O) groups is 2. The molecule has 4 aliphatic carbocycles. The minimum absolute atomic E-state index is 0.0126. The molecule has 1 heterocycles. The van der Waals surface area contributed by atoms with Gasteiger partial charge in [0.2, 0.25) is 0 Å². The molecule has 0 aromatic heterocycles. The smallest absolute Gasteiger partial charge is 0.307 e. The van der Waals surface area contributed by atoms with E-state index >= 15 is 0 Å². The van der Waals surface area contributed by atoms with Gasteiger partial charge in [0.05, 0.1) is 6.42 Å². The van der Waals surface area contributed by atoms with Gasteiger partial charge in [0.25, 0.3) is 0 Å². The third-order valence-corrected chi connectivity index (χ3v) is 11.2. The van der Waals surface area contributed by atoms with Crippen molar-refractivity contribution in [2.45, 2.75) is 111 Å². The van der Waals surface area contributed by atoms with Gasteiger partial charge in [0, 0.05) is 24.9 Å². The highest BCUT2D eigenvalue weighted by Gasteiger charge is 2.60. The predicted molar refractivity (Wildman–Crippen MR) is 131 cm³/mol. The van der Waals surface area contributed by atoms with Gasteiger partial charge in [-0.1, -0.05) is 27.7 Å². The van der Waals surface area contributed by atoms with Gasteiger partial charge in [-0.25, -0.2) is 0 Å². The van der Waals surface area contributed by atoms with Crippen LogP contribution in [0.1, 0.15) is 105 Å². The first-order valence-electron chi connectivity index (χ1n) is 14.1. The summed E-state index contributed by atoms with van der Waals surface area (Å²) in [5.41, 5.74) is 0.718. The number of nitrogens with zero attached hydrogens (tertiary/aromatic N) is 1. The van der Waals surface area contributed by atoms with E-state index < -0.39 is 0 Å². The summed E-state index contributed by atoms with van der Waals surface area (Å²) in [6, 6.07) is 0. The minimum Gasteiger partial charge on any atom is -0.462 e. The molecule has 1 aliphatic heterocycles. The van der Waals surface area contributed by atoms with Crippen molar-refractivity contribution in [1.82, 2.24) is 4.90 Å². The normalized spacial score (nSPS) is 45.1. The first-order chi connectivity index (χ1) is 15.6. The second-order valence-electron chi connectivity index (χ2n) is 13.8. The Bertz CT molecular complexity index is 777. The van der Waals surface area contributed by atoms with E-state index in [2.05, 4.69) is 32.6 Å². The third-order valence-electron chi connectivity index (χ3n) is 11.2. The number of ketones is 1. The summed E-state index contributed by atoms with van der Waals surface area (Å²) < 4.78 is 6.05. The number of Topliss-reactive ketones (excluding diaryl/α,β-unsaturated/α-hetero) is 1. The molecular weight excluding hydrogens is 410 g/mol. The first kappa shape index (κ1) is 23.8. The molecule has 4 nitrogen and oxygen atoms in total. The second kappa shape index (κ2) is 8.64. The number of ether oxygens (including phenoxy) is 1. The van der Waals surface area contributed by atoms with Crippen LogP contribution in [0.3, 0.4) is 0 Å². The van der Waals surface area contributed by atoms with Crippen LogP contribution in [0.25, 0.3) is 0 Å². The molecule has 33 heavy (non-hydrogen) atoms. The van der Waals surface area contributed by atoms with Crippen LogP contribution in [0, 0.1) is 39.9 Å². The highest BCUT2D eigenvalue weighted by molar-refractivity contribution is 5.87. The number of hydrogen-bond acceptors (Lipinski definition) is 4. The van der Waals surface area contributed by atoms with E-state index in [1.54, 1.807) is 0 Å². The van der Waals surface area contributed by atoms with Crippen LogP contribution >= 0.6 is 0 Å². The Morgan fingerprint density at radius 1 is 1.00 bits per heavy atom. The van der Waals surface area contributed by atoms with E-state index in [9.17, 15) is 9.59 Å². The van der Waals surface area contributed by atoms with Crippen LogP contribution in [0.5, 0.6) is 0 Å². The Morgan fingerprint density at radius 2 is 1.82 bits per heavy atom. The molecule has 4 unspecified atom stereocenters. The highest BCUT2D eigenvalue weighted by Crippen LogP contribution is 2.65. The van der Waals surface area contributed by atoms with Gasteiger partial charge in [-0.05, 0) is 105 Å². The molecule has 5 fully saturated rings. The SMILES string of the molecule is CC1(C)CCCN(CCC(=O)OC2CC[C@]3(C)C4CC[C@]5(C)C(=O)CCC5C4CC[C@H]3C2)C1. The molecular formula is C29H47NO3. The topological polar surface area (TPSA) is 46.6 Å². The molecule has 7 atom stereocenters. The number of esters is 1. The summed E-state index contributed by atoms with van der Waals surface area (Å²) in [6.07, 6.45) is 13.3. The maximum Gasteiger partial charge on any atom is 0.307 e. The lowest BCUT2D eigenvalue weighted by molar-refractivity contribution is -0.162. The van der Waals surface area contributed by atoms with Gasteiger partial charge in [0.1, 0.15) is 11.9 Å². The lowest BCUT2D eigenvalue weighted by Crippen LogP contribution is -2.54. The molecule has 0 aromatic rings. The lowest BCUT2D eigenvalue weighted by atomic mass is 9.45. The fraction of sp³-hybridized carbons (Fsp3) is 0.931. The molecule has 5 aliphatic rings. The van der Waals surface area contributed by atoms with E-state index in [1.807, 2.05) is 0 Å². The molecule has 0 N–H and O–H groups in total. The lowest BCUT2D eigenvalue weighted by Gasteiger charge is -2.60. The number of fused-ring (bicyclic) bond motifs is 5. The van der Waals surface area contributed by atoms with Crippen LogP contribution in [0.2, 0.25) is 0 Å². The highest BCUT2D eigenvalue weighted by atomic mass is 16.5. The van der Waals surface area contributed by atoms with Crippen LogP contribution in [0.15, 0.2) is 0 Å². The van der Waals surface area contributed by atoms with Crippen molar-refractivity contribution in [2.24, 2.45) is 39.9 Å². The summed E-state index contributed by atoms with van der Waals surface area (Å²) in [5.74, 6) is 3.36. The summed E-state index contributed by atoms with van der Waals surface area (Å²) in [6.45, 7) is 12.6. The van der Waals surface area contributed by atoms with Crippen molar-refractivity contribution in [3.63, 3.8) is 0 Å². The summed E-state index contributed by atoms with van der Waals surface area (Å²) in [7, 11) is 0. The van der Waals surface area contributed by atoms with Crippen molar-refractivity contribution in [3.05, 3.63) is 0 Å². The number of hydrogen-bond donors (Lipinski definition) is 0.